The molecule has 0 N–H and O–H groups in total. The number of hydrogen-bond donors (Lipinski definition) is 0. The van der Waals surface area contributed by atoms with Crippen LogP contribution in [0.3, 0.4) is 0 Å². The van der Waals surface area contributed by atoms with Gasteiger partial charge in [0.25, 0.3) is 0 Å². The van der Waals surface area contributed by atoms with Gasteiger partial charge in [-0.15, -0.1) is 9.24 Å². The van der Waals surface area contributed by atoms with E-state index in [2.05, 4.69) is 30.0 Å². The third kappa shape index (κ3) is 7.10. The topological polar surface area (TPSA) is 0 Å². The molecule has 0 saturated carbocycles. The first-order valence-electron chi connectivity index (χ1n) is 5.41. The van der Waals surface area contributed by atoms with Gasteiger partial charge in [-0.2, -0.15) is 0 Å². The third-order valence-electron chi connectivity index (χ3n) is 2.66. The van der Waals surface area contributed by atoms with Crippen LogP contribution in [-0.4, -0.2) is 5.16 Å². The van der Waals surface area contributed by atoms with Crippen LogP contribution in [0.1, 0.15) is 65.7 Å². The highest BCUT2D eigenvalue weighted by atomic mass is 31.0. The normalized spacial score (nSPS) is 16.0. The molecule has 0 radical (unpaired) electrons. The fourth-order valence-corrected chi connectivity index (χ4v) is 1.51. The largest absolute Gasteiger partial charge is 0.131 e. The number of unbranched alkanes of at least 4 members (excludes halogenated alkanes) is 4. The quantitative estimate of drug-likeness (QED) is 0.410. The van der Waals surface area contributed by atoms with Crippen LogP contribution in [0.2, 0.25) is 0 Å². The molecular weight excluding hydrogens is 163 g/mol. The monoisotopic (exact) mass is 188 g/mol. The SMILES string of the molecule is CCCCCCC[C@](C)(P)CC. The molecule has 0 aromatic rings. The predicted octanol–water partition coefficient (Wildman–Crippen LogP) is 4.39. The Labute approximate surface area is 80.7 Å². The summed E-state index contributed by atoms with van der Waals surface area (Å²) in [4.78, 5) is 0. The summed E-state index contributed by atoms with van der Waals surface area (Å²) in [5, 5.41) is 0.506. The maximum atomic E-state index is 2.99. The van der Waals surface area contributed by atoms with E-state index >= 15 is 0 Å². The number of rotatable bonds is 7. The van der Waals surface area contributed by atoms with Crippen molar-refractivity contribution in [3.05, 3.63) is 0 Å². The lowest BCUT2D eigenvalue weighted by Crippen LogP contribution is -2.12. The minimum absolute atomic E-state index is 0.506. The molecule has 0 aromatic heterocycles. The molecule has 0 nitrogen and oxygen atoms in total. The van der Waals surface area contributed by atoms with E-state index in [1.54, 1.807) is 0 Å². The molecule has 0 aliphatic heterocycles. The maximum Gasteiger partial charge on any atom is -0.0181 e. The zero-order valence-corrected chi connectivity index (χ0v) is 10.2. The van der Waals surface area contributed by atoms with Crippen LogP contribution >= 0.6 is 9.24 Å². The molecule has 0 spiro atoms. The maximum absolute atomic E-state index is 2.99. The van der Waals surface area contributed by atoms with E-state index in [0.717, 1.165) is 0 Å². The van der Waals surface area contributed by atoms with Gasteiger partial charge >= 0.3 is 0 Å². The first kappa shape index (κ1) is 12.4. The van der Waals surface area contributed by atoms with Crippen molar-refractivity contribution < 1.29 is 0 Å². The summed E-state index contributed by atoms with van der Waals surface area (Å²) < 4.78 is 0. The van der Waals surface area contributed by atoms with Crippen LogP contribution in [0.5, 0.6) is 0 Å². The lowest BCUT2D eigenvalue weighted by atomic mass is 9.99. The fourth-order valence-electron chi connectivity index (χ4n) is 1.31. The zero-order valence-electron chi connectivity index (χ0n) is 9.03. The van der Waals surface area contributed by atoms with E-state index in [-0.39, 0.29) is 0 Å². The average Bonchev–Trinajstić information content (AvgIpc) is 2.04. The van der Waals surface area contributed by atoms with Crippen molar-refractivity contribution in [1.82, 2.24) is 0 Å². The minimum atomic E-state index is 0.506. The molecule has 0 bridgehead atoms. The summed E-state index contributed by atoms with van der Waals surface area (Å²) in [7, 11) is 2.99. The molecule has 1 heteroatoms. The fraction of sp³-hybridized carbons (Fsp3) is 1.00. The van der Waals surface area contributed by atoms with Crippen molar-refractivity contribution in [2.45, 2.75) is 70.9 Å². The second-order valence-corrected chi connectivity index (χ2v) is 5.57. The van der Waals surface area contributed by atoms with Crippen molar-refractivity contribution in [2.24, 2.45) is 0 Å². The van der Waals surface area contributed by atoms with Gasteiger partial charge in [-0.25, -0.2) is 0 Å². The van der Waals surface area contributed by atoms with E-state index < -0.39 is 0 Å². The van der Waals surface area contributed by atoms with Crippen LogP contribution < -0.4 is 0 Å². The van der Waals surface area contributed by atoms with Crippen molar-refractivity contribution in [3.8, 4) is 0 Å². The van der Waals surface area contributed by atoms with E-state index in [0.29, 0.717) is 5.16 Å². The van der Waals surface area contributed by atoms with Crippen molar-refractivity contribution in [1.29, 1.82) is 0 Å². The van der Waals surface area contributed by atoms with Gasteiger partial charge in [0, 0.05) is 0 Å². The molecule has 74 valence electrons. The molecule has 0 aliphatic carbocycles. The molecule has 0 rings (SSSR count). The Hall–Kier alpha value is 0.430. The van der Waals surface area contributed by atoms with Gasteiger partial charge in [-0.3, -0.25) is 0 Å². The second kappa shape index (κ2) is 6.89. The van der Waals surface area contributed by atoms with E-state index in [4.69, 9.17) is 0 Å². The molecule has 2 atom stereocenters. The molecule has 0 saturated heterocycles. The van der Waals surface area contributed by atoms with Gasteiger partial charge in [0.05, 0.1) is 0 Å². The van der Waals surface area contributed by atoms with Gasteiger partial charge in [-0.1, -0.05) is 52.9 Å². The lowest BCUT2D eigenvalue weighted by molar-refractivity contribution is 0.512. The Kier molecular flexibility index (Phi) is 7.14. The smallest absolute Gasteiger partial charge is 0.0181 e. The highest BCUT2D eigenvalue weighted by Gasteiger charge is 2.13. The van der Waals surface area contributed by atoms with Gasteiger partial charge in [0.2, 0.25) is 0 Å². The molecule has 12 heavy (non-hydrogen) atoms. The summed E-state index contributed by atoms with van der Waals surface area (Å²) in [5.74, 6) is 0. The van der Waals surface area contributed by atoms with Crippen molar-refractivity contribution >= 4 is 9.24 Å². The first-order chi connectivity index (χ1) is 5.62. The van der Waals surface area contributed by atoms with Gasteiger partial charge in [-0.05, 0) is 18.0 Å². The molecule has 1 unspecified atom stereocenters. The van der Waals surface area contributed by atoms with Gasteiger partial charge in [0.1, 0.15) is 0 Å². The Bertz CT molecular complexity index is 97.2. The Morgan fingerprint density at radius 1 is 1.00 bits per heavy atom. The van der Waals surface area contributed by atoms with Crippen LogP contribution in [0.4, 0.5) is 0 Å². The van der Waals surface area contributed by atoms with Gasteiger partial charge < -0.3 is 0 Å². The highest BCUT2D eigenvalue weighted by Crippen LogP contribution is 2.28. The summed E-state index contributed by atoms with van der Waals surface area (Å²) in [6.07, 6.45) is 9.70. The summed E-state index contributed by atoms with van der Waals surface area (Å²) >= 11 is 0. The molecule has 0 aliphatic rings. The molecule has 0 fully saturated rings. The van der Waals surface area contributed by atoms with E-state index in [1.165, 1.54) is 44.9 Å². The van der Waals surface area contributed by atoms with Crippen molar-refractivity contribution in [2.75, 3.05) is 0 Å². The molecular formula is C11H25P. The highest BCUT2D eigenvalue weighted by molar-refractivity contribution is 7.18. The van der Waals surface area contributed by atoms with Crippen LogP contribution in [-0.2, 0) is 0 Å². The zero-order chi connectivity index (χ0) is 9.45. The van der Waals surface area contributed by atoms with Crippen LogP contribution in [0.25, 0.3) is 0 Å². The van der Waals surface area contributed by atoms with Crippen LogP contribution in [0.15, 0.2) is 0 Å². The summed E-state index contributed by atoms with van der Waals surface area (Å²) in [6.45, 7) is 6.89. The Morgan fingerprint density at radius 2 is 1.58 bits per heavy atom. The first-order valence-corrected chi connectivity index (χ1v) is 5.99. The predicted molar refractivity (Wildman–Crippen MR) is 61.8 cm³/mol. The summed E-state index contributed by atoms with van der Waals surface area (Å²) in [5.41, 5.74) is 0. The second-order valence-electron chi connectivity index (χ2n) is 4.17. The van der Waals surface area contributed by atoms with Crippen LogP contribution in [0, 0.1) is 0 Å². The molecule has 0 amide bonds. The van der Waals surface area contributed by atoms with Crippen molar-refractivity contribution in [3.63, 3.8) is 0 Å². The van der Waals surface area contributed by atoms with E-state index in [1.807, 2.05) is 0 Å². The Morgan fingerprint density at radius 3 is 2.08 bits per heavy atom. The number of hydrogen-bond acceptors (Lipinski definition) is 0. The molecule has 0 aromatic carbocycles. The molecule has 0 heterocycles. The summed E-state index contributed by atoms with van der Waals surface area (Å²) in [6, 6.07) is 0. The average molecular weight is 188 g/mol. The minimum Gasteiger partial charge on any atom is -0.131 e. The standard InChI is InChI=1S/C11H25P/c1-4-6-7-8-9-10-11(3,12)5-2/h4-10,12H2,1-3H3/t11-/m1/s1. The lowest BCUT2D eigenvalue weighted by Gasteiger charge is -2.21. The third-order valence-corrected chi connectivity index (χ3v) is 3.36. The van der Waals surface area contributed by atoms with Gasteiger partial charge in [0.15, 0.2) is 0 Å². The Balaban J connectivity index is 3.19. The van der Waals surface area contributed by atoms with E-state index in [9.17, 15) is 0 Å².